The van der Waals surface area contributed by atoms with Gasteiger partial charge >= 0.3 is 0 Å². The van der Waals surface area contributed by atoms with Crippen molar-refractivity contribution in [2.45, 2.75) is 19.6 Å². The van der Waals surface area contributed by atoms with Gasteiger partial charge in [-0.3, -0.25) is 4.90 Å². The summed E-state index contributed by atoms with van der Waals surface area (Å²) in [6.45, 7) is 5.09. The van der Waals surface area contributed by atoms with Crippen LogP contribution in [0.3, 0.4) is 0 Å². The monoisotopic (exact) mass is 234 g/mol. The molecule has 0 saturated carbocycles. The zero-order valence-electron chi connectivity index (χ0n) is 10.0. The summed E-state index contributed by atoms with van der Waals surface area (Å²) in [5.41, 5.74) is 1.94. The predicted octanol–water partition coefficient (Wildman–Crippen LogP) is 1.74. The van der Waals surface area contributed by atoms with Gasteiger partial charge in [-0.2, -0.15) is 0 Å². The van der Waals surface area contributed by atoms with Gasteiger partial charge in [0.05, 0.1) is 12.3 Å². The largest absolute Gasteiger partial charge is 0.411 e. The number of hydrogen-bond acceptors (Lipinski definition) is 4. The van der Waals surface area contributed by atoms with Crippen LogP contribution in [0.5, 0.6) is 0 Å². The highest BCUT2D eigenvalue weighted by atomic mass is 16.5. The molecule has 17 heavy (non-hydrogen) atoms. The van der Waals surface area contributed by atoms with Crippen LogP contribution in [0.1, 0.15) is 12.5 Å². The Balaban J connectivity index is 1.94. The minimum Gasteiger partial charge on any atom is -0.411 e. The van der Waals surface area contributed by atoms with Crippen molar-refractivity contribution in [1.29, 1.82) is 0 Å². The molecular weight excluding hydrogens is 216 g/mol. The third-order valence-electron chi connectivity index (χ3n) is 3.02. The molecule has 4 nitrogen and oxygen atoms in total. The molecule has 0 radical (unpaired) electrons. The molecule has 0 unspecified atom stereocenters. The van der Waals surface area contributed by atoms with Gasteiger partial charge in [0.15, 0.2) is 0 Å². The summed E-state index contributed by atoms with van der Waals surface area (Å²) in [6, 6.07) is 10.4. The van der Waals surface area contributed by atoms with E-state index >= 15 is 0 Å². The normalized spacial score (nSPS) is 22.6. The summed E-state index contributed by atoms with van der Waals surface area (Å²) in [4.78, 5) is 2.32. The van der Waals surface area contributed by atoms with E-state index in [4.69, 9.17) is 9.94 Å². The van der Waals surface area contributed by atoms with Crippen molar-refractivity contribution in [2.24, 2.45) is 5.16 Å². The van der Waals surface area contributed by atoms with Crippen LogP contribution >= 0.6 is 0 Å². The van der Waals surface area contributed by atoms with E-state index < -0.39 is 0 Å². The molecule has 0 amide bonds. The van der Waals surface area contributed by atoms with Crippen molar-refractivity contribution in [3.63, 3.8) is 0 Å². The van der Waals surface area contributed by atoms with E-state index in [2.05, 4.69) is 22.2 Å². The number of nitrogens with zero attached hydrogens (tertiary/aromatic N) is 2. The Kier molecular flexibility index (Phi) is 4.12. The Hall–Kier alpha value is -1.39. The first kappa shape index (κ1) is 12.1. The molecule has 1 atom stereocenters. The fourth-order valence-corrected chi connectivity index (χ4v) is 2.00. The van der Waals surface area contributed by atoms with Gasteiger partial charge in [-0.1, -0.05) is 35.5 Å². The molecule has 1 heterocycles. The number of rotatable bonds is 3. The van der Waals surface area contributed by atoms with Gasteiger partial charge in [-0.05, 0) is 12.5 Å². The molecule has 1 fully saturated rings. The fraction of sp³-hybridized carbons (Fsp3) is 0.462. The Bertz CT molecular complexity index is 378. The number of hydrogen-bond donors (Lipinski definition) is 1. The second-order valence-corrected chi connectivity index (χ2v) is 4.32. The van der Waals surface area contributed by atoms with Crippen molar-refractivity contribution in [3.05, 3.63) is 35.9 Å². The van der Waals surface area contributed by atoms with Crippen LogP contribution in [-0.4, -0.2) is 41.6 Å². The topological polar surface area (TPSA) is 45.1 Å². The lowest BCUT2D eigenvalue weighted by Crippen LogP contribution is -2.44. The molecule has 2 rings (SSSR count). The van der Waals surface area contributed by atoms with Gasteiger partial charge in [0.2, 0.25) is 0 Å². The zero-order valence-corrected chi connectivity index (χ0v) is 10.0. The summed E-state index contributed by atoms with van der Waals surface area (Å²) in [6.07, 6.45) is -0.0857. The van der Waals surface area contributed by atoms with E-state index in [1.165, 1.54) is 5.56 Å². The highest BCUT2D eigenvalue weighted by Crippen LogP contribution is 2.11. The van der Waals surface area contributed by atoms with Crippen LogP contribution in [0, 0.1) is 0 Å². The van der Waals surface area contributed by atoms with Crippen molar-refractivity contribution in [2.75, 3.05) is 19.7 Å². The quantitative estimate of drug-likeness (QED) is 0.492. The fourth-order valence-electron chi connectivity index (χ4n) is 2.00. The third kappa shape index (κ3) is 3.28. The first-order valence-electron chi connectivity index (χ1n) is 5.86. The predicted molar refractivity (Wildman–Crippen MR) is 66.4 cm³/mol. The third-order valence-corrected chi connectivity index (χ3v) is 3.02. The van der Waals surface area contributed by atoms with E-state index in [1.54, 1.807) is 6.92 Å². The molecule has 1 aromatic carbocycles. The molecule has 0 aliphatic carbocycles. The first-order valence-corrected chi connectivity index (χ1v) is 5.86. The Labute approximate surface area is 101 Å². The van der Waals surface area contributed by atoms with Gasteiger partial charge in [-0.25, -0.2) is 0 Å². The van der Waals surface area contributed by atoms with Crippen molar-refractivity contribution in [1.82, 2.24) is 4.90 Å². The minimum atomic E-state index is -0.0857. The van der Waals surface area contributed by atoms with E-state index in [9.17, 15) is 0 Å². The van der Waals surface area contributed by atoms with Crippen LogP contribution in [0.4, 0.5) is 0 Å². The number of benzene rings is 1. The summed E-state index contributed by atoms with van der Waals surface area (Å²) < 4.78 is 5.57. The second-order valence-electron chi connectivity index (χ2n) is 4.32. The zero-order chi connectivity index (χ0) is 12.1. The molecule has 0 bridgehead atoms. The highest BCUT2D eigenvalue weighted by molar-refractivity contribution is 5.86. The van der Waals surface area contributed by atoms with E-state index in [0.29, 0.717) is 12.3 Å². The average molecular weight is 234 g/mol. The SMILES string of the molecule is C/C(=N/O)[C@@H]1CN(Cc2ccccc2)CCO1. The van der Waals surface area contributed by atoms with Crippen molar-refractivity contribution in [3.8, 4) is 0 Å². The van der Waals surface area contributed by atoms with Crippen LogP contribution in [0.25, 0.3) is 0 Å². The molecule has 4 heteroatoms. The van der Waals surface area contributed by atoms with E-state index in [1.807, 2.05) is 18.2 Å². The maximum absolute atomic E-state index is 8.75. The van der Waals surface area contributed by atoms with Crippen LogP contribution in [0.15, 0.2) is 35.5 Å². The van der Waals surface area contributed by atoms with Gasteiger partial charge in [0.1, 0.15) is 6.10 Å². The summed E-state index contributed by atoms with van der Waals surface area (Å²) >= 11 is 0. The molecule has 0 spiro atoms. The molecule has 1 aliphatic rings. The number of ether oxygens (including phenoxy) is 1. The van der Waals surface area contributed by atoms with Gasteiger partial charge in [0.25, 0.3) is 0 Å². The van der Waals surface area contributed by atoms with Gasteiger partial charge < -0.3 is 9.94 Å². The Morgan fingerprint density at radius 3 is 2.94 bits per heavy atom. The lowest BCUT2D eigenvalue weighted by molar-refractivity contribution is 0.00175. The first-order chi connectivity index (χ1) is 8.29. The number of oxime groups is 1. The van der Waals surface area contributed by atoms with E-state index in [-0.39, 0.29) is 6.10 Å². The maximum atomic E-state index is 8.75. The molecule has 1 aliphatic heterocycles. The molecule has 92 valence electrons. The lowest BCUT2D eigenvalue weighted by Gasteiger charge is -2.32. The smallest absolute Gasteiger partial charge is 0.111 e. The van der Waals surface area contributed by atoms with E-state index in [0.717, 1.165) is 19.6 Å². The highest BCUT2D eigenvalue weighted by Gasteiger charge is 2.22. The molecular formula is C13H18N2O2. The Morgan fingerprint density at radius 2 is 2.24 bits per heavy atom. The number of morpholine rings is 1. The molecule has 1 saturated heterocycles. The van der Waals surface area contributed by atoms with Crippen LogP contribution < -0.4 is 0 Å². The minimum absolute atomic E-state index is 0.0857. The lowest BCUT2D eigenvalue weighted by atomic mass is 10.1. The van der Waals surface area contributed by atoms with Crippen LogP contribution in [0.2, 0.25) is 0 Å². The summed E-state index contributed by atoms with van der Waals surface area (Å²) in [7, 11) is 0. The summed E-state index contributed by atoms with van der Waals surface area (Å²) in [5, 5.41) is 12.0. The van der Waals surface area contributed by atoms with Crippen LogP contribution in [-0.2, 0) is 11.3 Å². The Morgan fingerprint density at radius 1 is 1.47 bits per heavy atom. The van der Waals surface area contributed by atoms with Crippen molar-refractivity contribution < 1.29 is 9.94 Å². The molecule has 1 N–H and O–H groups in total. The average Bonchev–Trinajstić information content (AvgIpc) is 2.39. The molecule has 1 aromatic rings. The maximum Gasteiger partial charge on any atom is 0.111 e. The molecule has 0 aromatic heterocycles. The second kappa shape index (κ2) is 5.80. The van der Waals surface area contributed by atoms with Gasteiger partial charge in [-0.15, -0.1) is 0 Å². The summed E-state index contributed by atoms with van der Waals surface area (Å²) in [5.74, 6) is 0. The van der Waals surface area contributed by atoms with Crippen molar-refractivity contribution >= 4 is 5.71 Å². The standard InChI is InChI=1S/C13H18N2O2/c1-11(14-16)13-10-15(7-8-17-13)9-12-5-3-2-4-6-12/h2-6,13,16H,7-10H2,1H3/b14-11-/t13-/m0/s1. The van der Waals surface area contributed by atoms with Gasteiger partial charge in [0, 0.05) is 19.6 Å².